The monoisotopic (exact) mass is 422 g/mol. The van der Waals surface area contributed by atoms with Crippen LogP contribution in [0.2, 0.25) is 0 Å². The number of nitrogens with zero attached hydrogens (tertiary/aromatic N) is 2. The zero-order valence-electron chi connectivity index (χ0n) is 18.6. The average molecular weight is 423 g/mol. The number of carboxylic acid groups (broad SMARTS) is 1. The molecule has 5 nitrogen and oxygen atoms in total. The summed E-state index contributed by atoms with van der Waals surface area (Å²) in [6.45, 7) is 4.39. The van der Waals surface area contributed by atoms with E-state index in [0.29, 0.717) is 6.54 Å². The van der Waals surface area contributed by atoms with Gasteiger partial charge in [0.1, 0.15) is 6.04 Å². The molecule has 1 unspecified atom stereocenters. The van der Waals surface area contributed by atoms with Crippen LogP contribution in [0.3, 0.4) is 0 Å². The highest BCUT2D eigenvalue weighted by Crippen LogP contribution is 2.27. The van der Waals surface area contributed by atoms with Gasteiger partial charge >= 0.3 is 5.97 Å². The fourth-order valence-corrected chi connectivity index (χ4v) is 5.04. The first-order valence-electron chi connectivity index (χ1n) is 11.7. The van der Waals surface area contributed by atoms with E-state index in [2.05, 4.69) is 13.0 Å². The molecule has 0 amide bonds. The number of fused-ring (bicyclic) bond motifs is 1. The molecular formula is C26H34N2O3. The largest absolute Gasteiger partial charge is 0.480 e. The summed E-state index contributed by atoms with van der Waals surface area (Å²) in [5.74, 6) is -0.792. The van der Waals surface area contributed by atoms with E-state index in [1.165, 1.54) is 41.8 Å². The Kier molecular flexibility index (Phi) is 7.36. The normalized spacial score (nSPS) is 19.8. The van der Waals surface area contributed by atoms with Crippen LogP contribution in [0.1, 0.15) is 66.2 Å². The summed E-state index contributed by atoms with van der Waals surface area (Å²) in [6, 6.07) is 11.2. The number of carbonyl (C=O) groups is 1. The summed E-state index contributed by atoms with van der Waals surface area (Å²) < 4.78 is 6.10. The second-order valence-corrected chi connectivity index (χ2v) is 8.95. The van der Waals surface area contributed by atoms with E-state index in [1.807, 2.05) is 35.2 Å². The number of benzene rings is 1. The smallest absolute Gasteiger partial charge is 0.325 e. The van der Waals surface area contributed by atoms with Crippen molar-refractivity contribution in [3.63, 3.8) is 0 Å². The predicted molar refractivity (Wildman–Crippen MR) is 121 cm³/mol. The van der Waals surface area contributed by atoms with Gasteiger partial charge in [0.2, 0.25) is 0 Å². The lowest BCUT2D eigenvalue weighted by molar-refractivity contribution is -0.143. The first-order valence-corrected chi connectivity index (χ1v) is 11.7. The molecule has 0 saturated carbocycles. The van der Waals surface area contributed by atoms with Gasteiger partial charge in [0.15, 0.2) is 0 Å². The molecule has 31 heavy (non-hydrogen) atoms. The van der Waals surface area contributed by atoms with Crippen LogP contribution in [-0.2, 0) is 28.8 Å². The fourth-order valence-electron chi connectivity index (χ4n) is 5.04. The molecule has 4 rings (SSSR count). The molecule has 2 atom stereocenters. The minimum absolute atomic E-state index is 0.120. The topological polar surface area (TPSA) is 62.7 Å². The first kappa shape index (κ1) is 22.0. The van der Waals surface area contributed by atoms with Crippen molar-refractivity contribution in [1.29, 1.82) is 0 Å². The third-order valence-corrected chi connectivity index (χ3v) is 6.65. The zero-order chi connectivity index (χ0) is 21.6. The van der Waals surface area contributed by atoms with Crippen LogP contribution in [0.4, 0.5) is 0 Å². The van der Waals surface area contributed by atoms with Crippen molar-refractivity contribution in [2.45, 2.75) is 70.4 Å². The van der Waals surface area contributed by atoms with Gasteiger partial charge in [-0.15, -0.1) is 0 Å². The maximum absolute atomic E-state index is 11.9. The number of likely N-dealkylation sites (tertiary alicyclic amines) is 1. The molecule has 0 radical (unpaired) electrons. The van der Waals surface area contributed by atoms with Crippen LogP contribution in [0, 0.1) is 6.92 Å². The molecule has 0 bridgehead atoms. The lowest BCUT2D eigenvalue weighted by atomic mass is 9.92. The van der Waals surface area contributed by atoms with E-state index in [4.69, 9.17) is 9.72 Å². The minimum atomic E-state index is -0.792. The summed E-state index contributed by atoms with van der Waals surface area (Å²) in [5, 5.41) is 9.73. The third kappa shape index (κ3) is 5.52. The molecule has 1 fully saturated rings. The van der Waals surface area contributed by atoms with Crippen molar-refractivity contribution in [3.8, 4) is 0 Å². The molecule has 166 valence electrons. The molecule has 0 spiro atoms. The quantitative estimate of drug-likeness (QED) is 0.603. The number of carboxylic acids is 1. The van der Waals surface area contributed by atoms with E-state index >= 15 is 0 Å². The van der Waals surface area contributed by atoms with Gasteiger partial charge in [-0.1, -0.05) is 30.3 Å². The lowest BCUT2D eigenvalue weighted by Gasteiger charge is -2.24. The second-order valence-electron chi connectivity index (χ2n) is 8.95. The number of aromatic nitrogens is 1. The molecule has 2 heterocycles. The Balaban J connectivity index is 1.21. The number of hydrogen-bond acceptors (Lipinski definition) is 4. The molecule has 1 aromatic heterocycles. The second kappa shape index (κ2) is 10.4. The van der Waals surface area contributed by atoms with Crippen molar-refractivity contribution >= 4 is 5.97 Å². The Labute approximate surface area is 185 Å². The van der Waals surface area contributed by atoms with Gasteiger partial charge in [-0.2, -0.15) is 0 Å². The highest BCUT2D eigenvalue weighted by Gasteiger charge is 2.33. The molecule has 5 heteroatoms. The highest BCUT2D eigenvalue weighted by atomic mass is 16.5. The summed E-state index contributed by atoms with van der Waals surface area (Å²) >= 11 is 0. The molecule has 1 N–H and O–H groups in total. The molecule has 1 aromatic carbocycles. The van der Waals surface area contributed by atoms with Crippen LogP contribution >= 0.6 is 0 Å². The Morgan fingerprint density at radius 2 is 2.03 bits per heavy atom. The third-order valence-electron chi connectivity index (χ3n) is 6.65. The van der Waals surface area contributed by atoms with Gasteiger partial charge in [0.05, 0.1) is 6.10 Å². The molecule has 1 saturated heterocycles. The Hall–Kier alpha value is -2.24. The maximum atomic E-state index is 11.9. The van der Waals surface area contributed by atoms with Crippen molar-refractivity contribution in [2.75, 3.05) is 19.7 Å². The van der Waals surface area contributed by atoms with Crippen molar-refractivity contribution < 1.29 is 14.6 Å². The number of unbranched alkanes of at least 4 members (excludes halogenated alkanes) is 1. The minimum Gasteiger partial charge on any atom is -0.480 e. The van der Waals surface area contributed by atoms with Gasteiger partial charge in [0.25, 0.3) is 0 Å². The van der Waals surface area contributed by atoms with E-state index < -0.39 is 12.0 Å². The number of aryl methyl sites for hydroxylation is 3. The van der Waals surface area contributed by atoms with Gasteiger partial charge in [0, 0.05) is 31.1 Å². The average Bonchev–Trinajstić information content (AvgIpc) is 3.22. The molecule has 2 aromatic rings. The summed E-state index contributed by atoms with van der Waals surface area (Å²) in [6.07, 6.45) is 8.98. The number of aliphatic carboxylic acids is 1. The van der Waals surface area contributed by atoms with E-state index in [0.717, 1.165) is 50.8 Å². The van der Waals surface area contributed by atoms with Crippen LogP contribution < -0.4 is 0 Å². The predicted octanol–water partition coefficient (Wildman–Crippen LogP) is 4.51. The summed E-state index contributed by atoms with van der Waals surface area (Å²) in [7, 11) is 0. The zero-order valence-corrected chi connectivity index (χ0v) is 18.6. The van der Waals surface area contributed by atoms with Crippen LogP contribution in [0.25, 0.3) is 0 Å². The molecule has 2 aliphatic rings. The van der Waals surface area contributed by atoms with Crippen molar-refractivity contribution in [3.05, 3.63) is 64.5 Å². The molecule has 1 aliphatic carbocycles. The van der Waals surface area contributed by atoms with Gasteiger partial charge in [-0.3, -0.25) is 14.7 Å². The Bertz CT molecular complexity index is 884. The SMILES string of the molecule is Cc1cc(CCCCO[C@@H]2CCN(C(C(=O)O)c3ccccc3)C2)nc2c1CCCC2. The number of ether oxygens (including phenoxy) is 1. The standard InChI is InChI=1S/C26H34N2O3/c1-19-17-21(27-24-13-6-5-12-23(19)24)11-7-8-16-31-22-14-15-28(18-22)25(26(29)30)20-9-3-2-4-10-20/h2-4,9-10,17,22,25H,5-8,11-16,18H2,1H3,(H,29,30)/t22-,25?/m1/s1. The molecular weight excluding hydrogens is 388 g/mol. The van der Waals surface area contributed by atoms with Gasteiger partial charge in [-0.05, 0) is 81.0 Å². The molecule has 1 aliphatic heterocycles. The Morgan fingerprint density at radius 1 is 1.23 bits per heavy atom. The van der Waals surface area contributed by atoms with Gasteiger partial charge in [-0.25, -0.2) is 0 Å². The number of hydrogen-bond donors (Lipinski definition) is 1. The Morgan fingerprint density at radius 3 is 2.84 bits per heavy atom. The number of rotatable bonds is 9. The summed E-state index contributed by atoms with van der Waals surface area (Å²) in [4.78, 5) is 18.8. The highest BCUT2D eigenvalue weighted by molar-refractivity contribution is 5.75. The number of pyridine rings is 1. The maximum Gasteiger partial charge on any atom is 0.325 e. The van der Waals surface area contributed by atoms with E-state index in [9.17, 15) is 9.90 Å². The van der Waals surface area contributed by atoms with Crippen molar-refractivity contribution in [2.24, 2.45) is 0 Å². The van der Waals surface area contributed by atoms with Crippen LogP contribution in [0.5, 0.6) is 0 Å². The van der Waals surface area contributed by atoms with Gasteiger partial charge < -0.3 is 9.84 Å². The van der Waals surface area contributed by atoms with Crippen LogP contribution in [0.15, 0.2) is 36.4 Å². The first-order chi connectivity index (χ1) is 15.1. The van der Waals surface area contributed by atoms with Crippen LogP contribution in [-0.4, -0.2) is 46.8 Å². The fraction of sp³-hybridized carbons (Fsp3) is 0.538. The van der Waals surface area contributed by atoms with Crippen molar-refractivity contribution in [1.82, 2.24) is 9.88 Å². The lowest BCUT2D eigenvalue weighted by Crippen LogP contribution is -2.33. The van der Waals surface area contributed by atoms with E-state index in [1.54, 1.807) is 0 Å². The van der Waals surface area contributed by atoms with E-state index in [-0.39, 0.29) is 6.10 Å². The summed E-state index contributed by atoms with van der Waals surface area (Å²) in [5.41, 5.74) is 6.28.